The van der Waals surface area contributed by atoms with Crippen molar-refractivity contribution in [3.8, 4) is 11.8 Å². The molecule has 0 aliphatic heterocycles. The number of rotatable bonds is 22. The van der Waals surface area contributed by atoms with E-state index in [0.29, 0.717) is 32.2 Å². The minimum absolute atomic E-state index is 0.0929. The van der Waals surface area contributed by atoms with E-state index >= 15 is 0 Å². The van der Waals surface area contributed by atoms with Gasteiger partial charge < -0.3 is 63.8 Å². The van der Waals surface area contributed by atoms with Gasteiger partial charge in [0.15, 0.2) is 12.4 Å². The molecule has 2 heterocycles. The van der Waals surface area contributed by atoms with Gasteiger partial charge in [-0.1, -0.05) is 0 Å². The summed E-state index contributed by atoms with van der Waals surface area (Å²) in [6.07, 6.45) is 2.23. The van der Waals surface area contributed by atoms with Crippen molar-refractivity contribution in [2.75, 3.05) is 40.5 Å². The molecule has 4 amide bonds. The van der Waals surface area contributed by atoms with Gasteiger partial charge in [0.05, 0.1) is 12.1 Å². The smallest absolute Gasteiger partial charge is 0.407 e. The predicted molar refractivity (Wildman–Crippen MR) is 208 cm³/mol. The van der Waals surface area contributed by atoms with Crippen molar-refractivity contribution < 1.29 is 66.5 Å². The lowest BCUT2D eigenvalue weighted by Crippen LogP contribution is -2.53. The summed E-state index contributed by atoms with van der Waals surface area (Å²) in [5.74, 6) is -0.735. The fraction of sp³-hybridized carbons (Fsp3) is 0.711. The highest BCUT2D eigenvalue weighted by Crippen LogP contribution is 2.14. The summed E-state index contributed by atoms with van der Waals surface area (Å²) in [4.78, 5) is 60.8. The number of carbonyl (C=O) groups is 5. The first kappa shape index (κ1) is 51.1. The zero-order valence-corrected chi connectivity index (χ0v) is 35.8. The molecule has 0 saturated carbocycles. The Morgan fingerprint density at radius 3 is 1.57 bits per heavy atom. The van der Waals surface area contributed by atoms with E-state index < -0.39 is 58.7 Å². The molecular formula is C38H64N6O14. The molecule has 5 N–H and O–H groups in total. The number of amides is 4. The quantitative estimate of drug-likeness (QED) is 0.106. The van der Waals surface area contributed by atoms with Crippen LogP contribution in [0.5, 0.6) is 11.8 Å². The van der Waals surface area contributed by atoms with E-state index in [-0.39, 0.29) is 43.2 Å². The molecule has 3 atom stereocenters. The molecule has 58 heavy (non-hydrogen) atoms. The molecule has 0 fully saturated rings. The second-order valence-electron chi connectivity index (χ2n) is 16.0. The lowest BCUT2D eigenvalue weighted by Gasteiger charge is -2.29. The fourth-order valence-electron chi connectivity index (χ4n) is 4.26. The van der Waals surface area contributed by atoms with Crippen LogP contribution in [0, 0.1) is 0 Å². The Balaban J connectivity index is 0.000000580. The van der Waals surface area contributed by atoms with E-state index in [4.69, 9.17) is 28.4 Å². The molecule has 0 aliphatic rings. The highest BCUT2D eigenvalue weighted by molar-refractivity contribution is 5.92. The Morgan fingerprint density at radius 1 is 0.690 bits per heavy atom. The number of alkyl carbamates (subject to hydrolysis) is 2. The van der Waals surface area contributed by atoms with Gasteiger partial charge in [-0.05, 0) is 105 Å². The molecule has 0 aliphatic carbocycles. The van der Waals surface area contributed by atoms with E-state index in [1.54, 1.807) is 69.2 Å². The van der Waals surface area contributed by atoms with Crippen LogP contribution in [0.2, 0.25) is 0 Å². The minimum Gasteiger partial charge on any atom is -0.473 e. The Labute approximate surface area is 340 Å². The van der Waals surface area contributed by atoms with Crippen molar-refractivity contribution in [2.45, 2.75) is 136 Å². The van der Waals surface area contributed by atoms with Crippen LogP contribution < -0.4 is 30.7 Å². The topological polar surface area (TPSA) is 261 Å². The molecule has 20 nitrogen and oxygen atoms in total. The number of methoxy groups -OCH3 is 2. The lowest BCUT2D eigenvalue weighted by molar-refractivity contribution is -0.142. The van der Waals surface area contributed by atoms with Crippen LogP contribution in [0.4, 0.5) is 9.59 Å². The summed E-state index contributed by atoms with van der Waals surface area (Å²) in [7, 11) is 2.85. The number of Topliss-reactive ketones (excluding diaryl/α,β-unsaturated/α-hetero) is 1. The largest absolute Gasteiger partial charge is 0.473 e. The Bertz CT molecular complexity index is 1520. The van der Waals surface area contributed by atoms with E-state index in [1.807, 2.05) is 0 Å². The predicted octanol–water partition coefficient (Wildman–Crippen LogP) is 3.47. The average molecular weight is 829 g/mol. The number of ketones is 1. The van der Waals surface area contributed by atoms with E-state index in [1.165, 1.54) is 38.9 Å². The van der Waals surface area contributed by atoms with Crippen LogP contribution in [0.15, 0.2) is 33.7 Å². The Morgan fingerprint density at radius 2 is 1.14 bits per heavy atom. The first-order valence-electron chi connectivity index (χ1n) is 18.8. The molecule has 0 radical (unpaired) electrons. The maximum absolute atomic E-state index is 12.6. The third-order valence-electron chi connectivity index (χ3n) is 7.88. The molecule has 0 saturated heterocycles. The summed E-state index contributed by atoms with van der Waals surface area (Å²) in [6.45, 7) is 17.3. The van der Waals surface area contributed by atoms with Crippen LogP contribution in [-0.2, 0) is 33.3 Å². The van der Waals surface area contributed by atoms with Gasteiger partial charge in [-0.3, -0.25) is 14.4 Å². The van der Waals surface area contributed by atoms with Gasteiger partial charge in [0, 0.05) is 39.4 Å². The SMILES string of the molecule is COC(C)(C)C(=O)N[C@@H](CCCNC(=O)OC(C)(C)C)C(=O)COc1ccon1.COC(C)(C)C(=O)N[C@@H](CCCNC(=O)OC(C)(C)C)C(O)COc1ccon1. The number of nitrogens with one attached hydrogen (secondary N) is 4. The number of hydrogen-bond acceptors (Lipinski definition) is 16. The van der Waals surface area contributed by atoms with Gasteiger partial charge in [0.25, 0.3) is 23.6 Å². The van der Waals surface area contributed by atoms with Crippen molar-refractivity contribution in [1.82, 2.24) is 31.6 Å². The van der Waals surface area contributed by atoms with Crippen LogP contribution in [0.1, 0.15) is 94.9 Å². The minimum atomic E-state index is -1.10. The van der Waals surface area contributed by atoms with Crippen molar-refractivity contribution in [1.29, 1.82) is 0 Å². The number of nitrogens with zero attached hydrogens (tertiary/aromatic N) is 2. The third kappa shape index (κ3) is 21.5. The number of ether oxygens (including phenoxy) is 6. The number of carbonyl (C=O) groups excluding carboxylic acids is 5. The van der Waals surface area contributed by atoms with E-state index in [2.05, 4.69) is 40.6 Å². The summed E-state index contributed by atoms with van der Waals surface area (Å²) in [5.41, 5.74) is -3.33. The molecular weight excluding hydrogens is 764 g/mol. The van der Waals surface area contributed by atoms with Gasteiger partial charge in [-0.2, -0.15) is 0 Å². The number of aromatic nitrogens is 2. The maximum Gasteiger partial charge on any atom is 0.407 e. The molecule has 0 spiro atoms. The first-order valence-corrected chi connectivity index (χ1v) is 18.8. The van der Waals surface area contributed by atoms with Crippen LogP contribution in [-0.4, -0.2) is 126 Å². The molecule has 0 bridgehead atoms. The zero-order chi connectivity index (χ0) is 44.2. The van der Waals surface area contributed by atoms with Crippen LogP contribution in [0.3, 0.4) is 0 Å². The van der Waals surface area contributed by atoms with Crippen molar-refractivity contribution >= 4 is 29.8 Å². The fourth-order valence-corrected chi connectivity index (χ4v) is 4.26. The summed E-state index contributed by atoms with van der Waals surface area (Å²) < 4.78 is 40.6. The van der Waals surface area contributed by atoms with Crippen molar-refractivity contribution in [2.24, 2.45) is 0 Å². The normalized spacial score (nSPS) is 13.4. The number of aliphatic hydroxyl groups excluding tert-OH is 1. The molecule has 1 unspecified atom stereocenters. The first-order chi connectivity index (χ1) is 26.9. The highest BCUT2D eigenvalue weighted by atomic mass is 16.6. The molecule has 330 valence electrons. The molecule has 2 aromatic rings. The standard InChI is InChI=1S/C19H33N3O7.C19H31N3O7/c2*1-18(2,3)29-17(25)20-10-7-8-13(21-16(24)19(4,5)26-6)14(23)12-27-15-9-11-28-22-15/h9,11,13-14,23H,7-8,10,12H2,1-6H3,(H,20,25)(H,21,24);9,11,13H,7-8,10,12H2,1-6H3,(H,20,25)(H,21,24)/t13-,14?;13-/m00/s1. The molecule has 20 heteroatoms. The number of hydrogen-bond donors (Lipinski definition) is 5. The second-order valence-corrected chi connectivity index (χ2v) is 16.0. The van der Waals surface area contributed by atoms with Gasteiger partial charge in [0.2, 0.25) is 0 Å². The summed E-state index contributed by atoms with van der Waals surface area (Å²) in [5, 5.41) is 28.4. The van der Waals surface area contributed by atoms with Gasteiger partial charge >= 0.3 is 12.2 Å². The molecule has 2 aromatic heterocycles. The van der Waals surface area contributed by atoms with Gasteiger partial charge in [-0.25, -0.2) is 9.59 Å². The van der Waals surface area contributed by atoms with Crippen molar-refractivity contribution in [3.63, 3.8) is 0 Å². The van der Waals surface area contributed by atoms with Crippen LogP contribution >= 0.6 is 0 Å². The molecule has 2 rings (SSSR count). The second kappa shape index (κ2) is 24.1. The Kier molecular flexibility index (Phi) is 21.2. The third-order valence-corrected chi connectivity index (χ3v) is 7.88. The zero-order valence-electron chi connectivity index (χ0n) is 35.8. The highest BCUT2D eigenvalue weighted by Gasteiger charge is 2.33. The van der Waals surface area contributed by atoms with E-state index in [0.717, 1.165) is 0 Å². The Hall–Kier alpha value is -4.95. The maximum atomic E-state index is 12.6. The summed E-state index contributed by atoms with van der Waals surface area (Å²) in [6, 6.07) is 1.55. The van der Waals surface area contributed by atoms with Gasteiger partial charge in [-0.15, -0.1) is 0 Å². The van der Waals surface area contributed by atoms with Crippen molar-refractivity contribution in [3.05, 3.63) is 24.7 Å². The number of aliphatic hydroxyl groups is 1. The molecule has 0 aromatic carbocycles. The monoisotopic (exact) mass is 828 g/mol. The summed E-state index contributed by atoms with van der Waals surface area (Å²) >= 11 is 0. The van der Waals surface area contributed by atoms with Gasteiger partial charge in [0.1, 0.15) is 47.6 Å². The lowest BCUT2D eigenvalue weighted by atomic mass is 10.0. The van der Waals surface area contributed by atoms with E-state index in [9.17, 15) is 29.1 Å². The average Bonchev–Trinajstić information content (AvgIpc) is 3.86. The van der Waals surface area contributed by atoms with Crippen LogP contribution in [0.25, 0.3) is 0 Å².